The Morgan fingerprint density at radius 1 is 1.30 bits per heavy atom. The molecule has 0 aliphatic carbocycles. The van der Waals surface area contributed by atoms with Gasteiger partial charge in [-0.3, -0.25) is 0 Å². The molecule has 2 aliphatic heterocycles. The van der Waals surface area contributed by atoms with Gasteiger partial charge in [0, 0.05) is 17.6 Å². The number of fused-ring (bicyclic) bond motifs is 2. The highest BCUT2D eigenvalue weighted by atomic mass is 32.2. The first kappa shape index (κ1) is 6.99. The molecule has 0 aromatic heterocycles. The van der Waals surface area contributed by atoms with E-state index < -0.39 is 0 Å². The zero-order valence-corrected chi connectivity index (χ0v) is 7.03. The van der Waals surface area contributed by atoms with Crippen molar-refractivity contribution in [1.29, 1.82) is 0 Å². The minimum absolute atomic E-state index is 0.607. The van der Waals surface area contributed by atoms with Gasteiger partial charge in [0.25, 0.3) is 0 Å². The molecule has 2 heteroatoms. The van der Waals surface area contributed by atoms with Gasteiger partial charge in [0.15, 0.2) is 0 Å². The Bertz CT molecular complexity index is 104. The van der Waals surface area contributed by atoms with Gasteiger partial charge in [0.2, 0.25) is 0 Å². The van der Waals surface area contributed by atoms with Crippen LogP contribution in [0.3, 0.4) is 0 Å². The minimum atomic E-state index is 0.607. The van der Waals surface area contributed by atoms with Gasteiger partial charge in [-0.2, -0.15) is 11.8 Å². The van der Waals surface area contributed by atoms with Crippen molar-refractivity contribution >= 4 is 11.8 Å². The molecule has 2 atom stereocenters. The van der Waals surface area contributed by atoms with Crippen LogP contribution in [0, 0.1) is 0 Å². The largest absolute Gasteiger partial charge is 0.377 e. The molecule has 2 unspecified atom stereocenters. The summed E-state index contributed by atoms with van der Waals surface area (Å²) in [6, 6.07) is 0. The molecular weight excluding hydrogens is 144 g/mol. The first-order chi connectivity index (χ1) is 4.95. The van der Waals surface area contributed by atoms with Crippen LogP contribution in [0.25, 0.3) is 0 Å². The van der Waals surface area contributed by atoms with E-state index in [0.29, 0.717) is 6.10 Å². The van der Waals surface area contributed by atoms with Crippen LogP contribution in [0.5, 0.6) is 0 Å². The van der Waals surface area contributed by atoms with E-state index >= 15 is 0 Å². The normalized spacial score (nSPS) is 40.8. The van der Waals surface area contributed by atoms with Gasteiger partial charge in [-0.05, 0) is 19.3 Å². The van der Waals surface area contributed by atoms with Crippen LogP contribution in [0.1, 0.15) is 25.7 Å². The zero-order valence-electron chi connectivity index (χ0n) is 6.21. The van der Waals surface area contributed by atoms with Gasteiger partial charge in [-0.25, -0.2) is 0 Å². The van der Waals surface area contributed by atoms with Crippen LogP contribution in [0.4, 0.5) is 0 Å². The average Bonchev–Trinajstić information content (AvgIpc) is 2.30. The van der Waals surface area contributed by atoms with Crippen molar-refractivity contribution in [2.24, 2.45) is 0 Å². The molecular formula is C8H14OS. The van der Waals surface area contributed by atoms with Crippen LogP contribution >= 0.6 is 11.8 Å². The van der Waals surface area contributed by atoms with Crippen molar-refractivity contribution in [3.8, 4) is 0 Å². The summed E-state index contributed by atoms with van der Waals surface area (Å²) in [7, 11) is 0. The standard InChI is InChI=1S/C8H14OS/c1-2-4-9-7-5-8(3-1)10-6-7/h7-8H,1-6H2. The molecule has 2 heterocycles. The van der Waals surface area contributed by atoms with E-state index in [4.69, 9.17) is 4.74 Å². The highest BCUT2D eigenvalue weighted by Gasteiger charge is 2.26. The number of ether oxygens (including phenoxy) is 1. The maximum Gasteiger partial charge on any atom is 0.0676 e. The lowest BCUT2D eigenvalue weighted by Gasteiger charge is -2.15. The van der Waals surface area contributed by atoms with E-state index in [1.54, 1.807) is 0 Å². The summed E-state index contributed by atoms with van der Waals surface area (Å²) >= 11 is 2.11. The molecule has 2 bridgehead atoms. The number of rotatable bonds is 0. The Balaban J connectivity index is 1.91. The quantitative estimate of drug-likeness (QED) is 0.533. The molecule has 0 saturated carbocycles. The maximum absolute atomic E-state index is 5.65. The van der Waals surface area contributed by atoms with E-state index in [1.807, 2.05) is 0 Å². The van der Waals surface area contributed by atoms with Crippen molar-refractivity contribution < 1.29 is 4.74 Å². The summed E-state index contributed by atoms with van der Waals surface area (Å²) < 4.78 is 5.65. The van der Waals surface area contributed by atoms with Crippen LogP contribution < -0.4 is 0 Å². The summed E-state index contributed by atoms with van der Waals surface area (Å²) in [5.41, 5.74) is 0. The lowest BCUT2D eigenvalue weighted by molar-refractivity contribution is 0.0581. The lowest BCUT2D eigenvalue weighted by atomic mass is 10.1. The Kier molecular flexibility index (Phi) is 2.19. The molecule has 2 aliphatic rings. The SMILES string of the molecule is C1CCC2CC(CS2)OC1. The minimum Gasteiger partial charge on any atom is -0.377 e. The third kappa shape index (κ3) is 1.48. The monoisotopic (exact) mass is 158 g/mol. The molecule has 10 heavy (non-hydrogen) atoms. The molecule has 0 amide bonds. The first-order valence-corrected chi connectivity index (χ1v) is 5.23. The summed E-state index contributed by atoms with van der Waals surface area (Å²) in [5, 5.41) is 0.935. The van der Waals surface area contributed by atoms with Crippen molar-refractivity contribution in [2.75, 3.05) is 12.4 Å². The number of hydrogen-bond donors (Lipinski definition) is 0. The highest BCUT2D eigenvalue weighted by molar-refractivity contribution is 8.00. The Hall–Kier alpha value is 0.310. The molecule has 58 valence electrons. The average molecular weight is 158 g/mol. The third-order valence-corrected chi connectivity index (χ3v) is 3.78. The predicted octanol–water partition coefficient (Wildman–Crippen LogP) is 2.06. The molecule has 2 rings (SSSR count). The van der Waals surface area contributed by atoms with Gasteiger partial charge in [0.05, 0.1) is 6.10 Å². The second kappa shape index (κ2) is 3.14. The first-order valence-electron chi connectivity index (χ1n) is 4.18. The Morgan fingerprint density at radius 3 is 3.30 bits per heavy atom. The van der Waals surface area contributed by atoms with Gasteiger partial charge >= 0.3 is 0 Å². The number of hydrogen-bond acceptors (Lipinski definition) is 2. The van der Waals surface area contributed by atoms with Crippen molar-refractivity contribution in [3.05, 3.63) is 0 Å². The molecule has 2 fully saturated rings. The van der Waals surface area contributed by atoms with Gasteiger partial charge < -0.3 is 4.74 Å². The van der Waals surface area contributed by atoms with E-state index in [9.17, 15) is 0 Å². The van der Waals surface area contributed by atoms with E-state index in [0.717, 1.165) is 11.9 Å². The molecule has 2 saturated heterocycles. The van der Waals surface area contributed by atoms with Gasteiger partial charge in [-0.15, -0.1) is 0 Å². The van der Waals surface area contributed by atoms with Gasteiger partial charge in [0.1, 0.15) is 0 Å². The summed E-state index contributed by atoms with van der Waals surface area (Å²) in [5.74, 6) is 1.25. The summed E-state index contributed by atoms with van der Waals surface area (Å²) in [4.78, 5) is 0. The van der Waals surface area contributed by atoms with Crippen LogP contribution in [0.2, 0.25) is 0 Å². The highest BCUT2D eigenvalue weighted by Crippen LogP contribution is 2.33. The second-order valence-corrected chi connectivity index (χ2v) is 4.51. The fourth-order valence-electron chi connectivity index (χ4n) is 1.71. The fraction of sp³-hybridized carbons (Fsp3) is 1.00. The fourth-order valence-corrected chi connectivity index (χ4v) is 3.12. The molecule has 0 radical (unpaired) electrons. The molecule has 0 N–H and O–H groups in total. The third-order valence-electron chi connectivity index (χ3n) is 2.32. The second-order valence-electron chi connectivity index (χ2n) is 3.18. The predicted molar refractivity (Wildman–Crippen MR) is 44.5 cm³/mol. The van der Waals surface area contributed by atoms with E-state index in [1.165, 1.54) is 31.4 Å². The van der Waals surface area contributed by atoms with E-state index in [-0.39, 0.29) is 0 Å². The van der Waals surface area contributed by atoms with Crippen LogP contribution in [-0.4, -0.2) is 23.7 Å². The van der Waals surface area contributed by atoms with E-state index in [2.05, 4.69) is 11.8 Å². The maximum atomic E-state index is 5.65. The molecule has 1 nitrogen and oxygen atoms in total. The molecule has 0 spiro atoms. The number of thioether (sulfide) groups is 1. The Labute approximate surface area is 66.5 Å². The Morgan fingerprint density at radius 2 is 2.30 bits per heavy atom. The zero-order chi connectivity index (χ0) is 6.81. The lowest BCUT2D eigenvalue weighted by Crippen LogP contribution is -2.16. The van der Waals surface area contributed by atoms with Gasteiger partial charge in [-0.1, -0.05) is 6.42 Å². The van der Waals surface area contributed by atoms with Crippen molar-refractivity contribution in [2.45, 2.75) is 37.0 Å². The summed E-state index contributed by atoms with van der Waals surface area (Å²) in [6.07, 6.45) is 6.03. The van der Waals surface area contributed by atoms with Crippen LogP contribution in [-0.2, 0) is 4.74 Å². The van der Waals surface area contributed by atoms with Crippen molar-refractivity contribution in [3.63, 3.8) is 0 Å². The van der Waals surface area contributed by atoms with Crippen molar-refractivity contribution in [1.82, 2.24) is 0 Å². The van der Waals surface area contributed by atoms with Crippen LogP contribution in [0.15, 0.2) is 0 Å². The topological polar surface area (TPSA) is 9.23 Å². The summed E-state index contributed by atoms with van der Waals surface area (Å²) in [6.45, 7) is 1.01. The molecule has 0 aromatic rings. The smallest absolute Gasteiger partial charge is 0.0676 e. The molecule has 0 aromatic carbocycles.